The predicted molar refractivity (Wildman–Crippen MR) is 89.9 cm³/mol. The van der Waals surface area contributed by atoms with Gasteiger partial charge in [0.2, 0.25) is 0 Å². The minimum atomic E-state index is -0.514. The van der Waals surface area contributed by atoms with Crippen molar-refractivity contribution < 1.29 is 9.66 Å². The number of hydrogen-bond acceptors (Lipinski definition) is 6. The molecule has 0 amide bonds. The van der Waals surface area contributed by atoms with Crippen molar-refractivity contribution in [3.8, 4) is 6.07 Å². The van der Waals surface area contributed by atoms with Crippen molar-refractivity contribution >= 4 is 11.4 Å². The van der Waals surface area contributed by atoms with Crippen LogP contribution < -0.4 is 5.32 Å². The van der Waals surface area contributed by atoms with Crippen LogP contribution in [-0.4, -0.2) is 48.2 Å². The molecule has 0 bridgehead atoms. The fraction of sp³-hybridized carbons (Fsp3) is 0.588. The molecule has 1 aromatic rings. The molecule has 0 spiro atoms. The molecule has 1 saturated carbocycles. The van der Waals surface area contributed by atoms with Crippen LogP contribution >= 0.6 is 0 Å². The number of nitriles is 1. The highest BCUT2D eigenvalue weighted by molar-refractivity contribution is 5.59. The van der Waals surface area contributed by atoms with E-state index in [1.807, 2.05) is 6.07 Å². The summed E-state index contributed by atoms with van der Waals surface area (Å²) in [6.07, 6.45) is 4.62. The topological polar surface area (TPSA) is 91.4 Å². The lowest BCUT2D eigenvalue weighted by Crippen LogP contribution is -2.52. The number of morpholine rings is 1. The van der Waals surface area contributed by atoms with Gasteiger partial charge in [-0.3, -0.25) is 15.0 Å². The summed E-state index contributed by atoms with van der Waals surface area (Å²) in [6.45, 7) is 3.46. The van der Waals surface area contributed by atoms with E-state index in [0.29, 0.717) is 12.1 Å². The van der Waals surface area contributed by atoms with E-state index in [1.54, 1.807) is 12.1 Å². The Morgan fingerprint density at radius 2 is 2.04 bits per heavy atom. The van der Waals surface area contributed by atoms with Crippen LogP contribution in [0.25, 0.3) is 0 Å². The Morgan fingerprint density at radius 1 is 1.29 bits per heavy atom. The van der Waals surface area contributed by atoms with Gasteiger partial charge in [-0.25, -0.2) is 0 Å². The summed E-state index contributed by atoms with van der Waals surface area (Å²) in [5.41, 5.74) is 0.738. The molecule has 24 heavy (non-hydrogen) atoms. The van der Waals surface area contributed by atoms with Crippen LogP contribution in [0.5, 0.6) is 0 Å². The molecule has 2 fully saturated rings. The highest BCUT2D eigenvalue weighted by Crippen LogP contribution is 2.28. The van der Waals surface area contributed by atoms with Gasteiger partial charge >= 0.3 is 0 Å². The number of benzene rings is 1. The van der Waals surface area contributed by atoms with Gasteiger partial charge in [0.25, 0.3) is 5.69 Å². The van der Waals surface area contributed by atoms with Gasteiger partial charge in [-0.15, -0.1) is 0 Å². The summed E-state index contributed by atoms with van der Waals surface area (Å²) < 4.78 is 5.45. The first-order valence-corrected chi connectivity index (χ1v) is 8.46. The monoisotopic (exact) mass is 330 g/mol. The van der Waals surface area contributed by atoms with Crippen LogP contribution in [0.15, 0.2) is 18.2 Å². The lowest BCUT2D eigenvalue weighted by Gasteiger charge is -2.42. The Kier molecular flexibility index (Phi) is 5.28. The van der Waals surface area contributed by atoms with Gasteiger partial charge in [0.15, 0.2) is 0 Å². The summed E-state index contributed by atoms with van der Waals surface area (Å²) in [4.78, 5) is 12.9. The van der Waals surface area contributed by atoms with Gasteiger partial charge in [0.1, 0.15) is 11.6 Å². The van der Waals surface area contributed by atoms with Gasteiger partial charge in [-0.05, 0) is 25.0 Å². The third-order valence-electron chi connectivity index (χ3n) is 4.91. The molecular weight excluding hydrogens is 308 g/mol. The quantitative estimate of drug-likeness (QED) is 0.674. The van der Waals surface area contributed by atoms with Gasteiger partial charge < -0.3 is 10.1 Å². The van der Waals surface area contributed by atoms with Crippen molar-refractivity contribution in [1.82, 2.24) is 4.90 Å². The Bertz CT molecular complexity index is 637. The van der Waals surface area contributed by atoms with Gasteiger partial charge in [0.05, 0.1) is 18.1 Å². The third kappa shape index (κ3) is 3.66. The molecule has 1 aromatic carbocycles. The minimum Gasteiger partial charge on any atom is -0.381 e. The molecule has 0 aromatic heterocycles. The minimum absolute atomic E-state index is 0.101. The number of hydrogen-bond donors (Lipinski definition) is 1. The highest BCUT2D eigenvalue weighted by atomic mass is 16.6. The van der Waals surface area contributed by atoms with Crippen LogP contribution in [-0.2, 0) is 4.74 Å². The molecule has 1 N–H and O–H groups in total. The molecule has 0 unspecified atom stereocenters. The summed E-state index contributed by atoms with van der Waals surface area (Å²) >= 11 is 0. The first-order chi connectivity index (χ1) is 11.7. The van der Waals surface area contributed by atoms with E-state index in [2.05, 4.69) is 10.2 Å². The normalized spacial score (nSPS) is 25.0. The SMILES string of the molecule is N#Cc1cc(N[C@@H]2CCCC[C@H]2N2CCOCC2)ccc1[N+](=O)[O-]. The molecule has 3 rings (SSSR count). The van der Waals surface area contributed by atoms with Crippen LogP contribution in [0.3, 0.4) is 0 Å². The van der Waals surface area contributed by atoms with E-state index in [-0.39, 0.29) is 11.3 Å². The number of nitrogens with zero attached hydrogens (tertiary/aromatic N) is 3. The highest BCUT2D eigenvalue weighted by Gasteiger charge is 2.31. The first-order valence-electron chi connectivity index (χ1n) is 8.46. The van der Waals surface area contributed by atoms with Gasteiger partial charge in [-0.1, -0.05) is 12.8 Å². The molecule has 7 nitrogen and oxygen atoms in total. The zero-order valence-electron chi connectivity index (χ0n) is 13.6. The molecular formula is C17H22N4O3. The second-order valence-corrected chi connectivity index (χ2v) is 6.35. The Hall–Kier alpha value is -2.17. The van der Waals surface area contributed by atoms with Crippen LogP contribution in [0, 0.1) is 21.4 Å². The number of nitro groups is 1. The van der Waals surface area contributed by atoms with E-state index in [9.17, 15) is 10.1 Å². The summed E-state index contributed by atoms with van der Waals surface area (Å²) in [6, 6.07) is 7.36. The average molecular weight is 330 g/mol. The third-order valence-corrected chi connectivity index (χ3v) is 4.91. The Morgan fingerprint density at radius 3 is 2.75 bits per heavy atom. The lowest BCUT2D eigenvalue weighted by atomic mass is 9.88. The summed E-state index contributed by atoms with van der Waals surface area (Å²) in [7, 11) is 0. The van der Waals surface area contributed by atoms with E-state index in [1.165, 1.54) is 18.9 Å². The largest absolute Gasteiger partial charge is 0.381 e. The molecule has 2 atom stereocenters. The number of nitrogens with one attached hydrogen (secondary N) is 1. The first kappa shape index (κ1) is 16.7. The van der Waals surface area contributed by atoms with Crippen LogP contribution in [0.2, 0.25) is 0 Å². The van der Waals surface area contributed by atoms with Crippen molar-refractivity contribution in [2.75, 3.05) is 31.6 Å². The summed E-state index contributed by atoms with van der Waals surface area (Å²) in [5, 5.41) is 23.6. The van der Waals surface area contributed by atoms with E-state index >= 15 is 0 Å². The average Bonchev–Trinajstić information content (AvgIpc) is 2.62. The fourth-order valence-electron chi connectivity index (χ4n) is 3.71. The van der Waals surface area contributed by atoms with Crippen molar-refractivity contribution in [2.45, 2.75) is 37.8 Å². The summed E-state index contributed by atoms with van der Waals surface area (Å²) in [5.74, 6) is 0. The van der Waals surface area contributed by atoms with Crippen molar-refractivity contribution in [2.24, 2.45) is 0 Å². The maximum Gasteiger partial charge on any atom is 0.287 e. The van der Waals surface area contributed by atoms with Crippen molar-refractivity contribution in [3.05, 3.63) is 33.9 Å². The molecule has 7 heteroatoms. The molecule has 1 heterocycles. The number of ether oxygens (including phenoxy) is 1. The molecule has 1 saturated heterocycles. The van der Waals surface area contributed by atoms with Gasteiger partial charge in [-0.2, -0.15) is 5.26 Å². The zero-order chi connectivity index (χ0) is 16.9. The van der Waals surface area contributed by atoms with E-state index in [0.717, 1.165) is 44.8 Å². The second kappa shape index (κ2) is 7.60. The smallest absolute Gasteiger partial charge is 0.287 e. The maximum atomic E-state index is 11.0. The number of nitro benzene ring substituents is 1. The zero-order valence-corrected chi connectivity index (χ0v) is 13.6. The van der Waals surface area contributed by atoms with Crippen LogP contribution in [0.4, 0.5) is 11.4 Å². The Balaban J connectivity index is 1.75. The number of anilines is 1. The molecule has 1 aliphatic heterocycles. The van der Waals surface area contributed by atoms with Crippen molar-refractivity contribution in [3.63, 3.8) is 0 Å². The van der Waals surface area contributed by atoms with E-state index < -0.39 is 4.92 Å². The van der Waals surface area contributed by atoms with Gasteiger partial charge in [0, 0.05) is 36.9 Å². The van der Waals surface area contributed by atoms with Crippen molar-refractivity contribution in [1.29, 1.82) is 5.26 Å². The predicted octanol–water partition coefficient (Wildman–Crippen LogP) is 2.52. The molecule has 0 radical (unpaired) electrons. The maximum absolute atomic E-state index is 11.0. The standard InChI is InChI=1S/C17H22N4O3/c18-12-13-11-14(5-6-16(13)21(22)23)19-15-3-1-2-4-17(15)20-7-9-24-10-8-20/h5-6,11,15,17,19H,1-4,7-10H2/t15-,17-/m1/s1. The number of rotatable bonds is 4. The molecule has 2 aliphatic rings. The molecule has 1 aliphatic carbocycles. The lowest BCUT2D eigenvalue weighted by molar-refractivity contribution is -0.385. The second-order valence-electron chi connectivity index (χ2n) is 6.35. The van der Waals surface area contributed by atoms with Crippen LogP contribution in [0.1, 0.15) is 31.2 Å². The van der Waals surface area contributed by atoms with E-state index in [4.69, 9.17) is 10.00 Å². The Labute approximate surface area is 141 Å². The fourth-order valence-corrected chi connectivity index (χ4v) is 3.71. The molecule has 128 valence electrons.